The minimum atomic E-state index is 0.344. The van der Waals surface area contributed by atoms with Gasteiger partial charge in [-0.05, 0) is 152 Å². The van der Waals surface area contributed by atoms with E-state index in [4.69, 9.17) is 0 Å². The van der Waals surface area contributed by atoms with Gasteiger partial charge in [0.1, 0.15) is 23.0 Å². The quantitative estimate of drug-likeness (QED) is 0.128. The predicted octanol–water partition coefficient (Wildman–Crippen LogP) is 10.8. The lowest BCUT2D eigenvalue weighted by Gasteiger charge is -2.25. The van der Waals surface area contributed by atoms with Crippen molar-refractivity contribution in [1.82, 2.24) is 0 Å². The Labute approximate surface area is 272 Å². The fraction of sp³-hybridized carbons (Fsp3) is 0.381. The van der Waals surface area contributed by atoms with Crippen molar-refractivity contribution in [3.05, 3.63) is 68.8 Å². The molecular weight excluding hydrogens is 568 g/mol. The first-order chi connectivity index (χ1) is 22.2. The largest absolute Gasteiger partial charge is 0.507 e. The maximum absolute atomic E-state index is 11.7. The van der Waals surface area contributed by atoms with Crippen LogP contribution in [0, 0.1) is 0 Å². The van der Waals surface area contributed by atoms with Crippen LogP contribution in [-0.4, -0.2) is 20.4 Å². The fourth-order valence-corrected chi connectivity index (χ4v) is 8.37. The van der Waals surface area contributed by atoms with Gasteiger partial charge in [0.2, 0.25) is 0 Å². The molecule has 4 N–H and O–H groups in total. The Morgan fingerprint density at radius 2 is 0.500 bits per heavy atom. The van der Waals surface area contributed by atoms with Crippen LogP contribution in [0.5, 0.6) is 23.0 Å². The van der Waals surface area contributed by atoms with E-state index in [2.05, 4.69) is 79.7 Å². The number of phenolic OH excluding ortho intramolecular Hbond substituents is 4. The normalized spacial score (nSPS) is 12.1. The maximum Gasteiger partial charge on any atom is 0.122 e. The second kappa shape index (κ2) is 11.9. The Bertz CT molecular complexity index is 1910. The molecule has 6 aromatic rings. The van der Waals surface area contributed by atoms with E-state index in [-0.39, 0.29) is 0 Å². The van der Waals surface area contributed by atoms with Crippen LogP contribution in [0.4, 0.5) is 0 Å². The molecule has 0 atom stereocenters. The molecule has 0 saturated carbocycles. The lowest BCUT2D eigenvalue weighted by atomic mass is 9.79. The summed E-state index contributed by atoms with van der Waals surface area (Å²) in [5, 5.41) is 57.2. The zero-order valence-corrected chi connectivity index (χ0v) is 28.8. The molecule has 6 rings (SSSR count). The second-order valence-corrected chi connectivity index (χ2v) is 12.7. The van der Waals surface area contributed by atoms with Crippen molar-refractivity contribution in [2.24, 2.45) is 0 Å². The van der Waals surface area contributed by atoms with Crippen molar-refractivity contribution in [3.63, 3.8) is 0 Å². The predicted molar refractivity (Wildman–Crippen MR) is 196 cm³/mol. The van der Waals surface area contributed by atoms with E-state index >= 15 is 0 Å². The van der Waals surface area contributed by atoms with Gasteiger partial charge in [-0.3, -0.25) is 0 Å². The summed E-state index contributed by atoms with van der Waals surface area (Å²) in [4.78, 5) is 0. The summed E-state index contributed by atoms with van der Waals surface area (Å²) < 4.78 is 0. The lowest BCUT2D eigenvalue weighted by molar-refractivity contribution is 0.462. The van der Waals surface area contributed by atoms with E-state index in [0.29, 0.717) is 74.4 Å². The molecule has 0 heterocycles. The summed E-state index contributed by atoms with van der Waals surface area (Å²) >= 11 is 0. The number of hydrogen-bond donors (Lipinski definition) is 4. The molecule has 0 aliphatic rings. The Morgan fingerprint density at radius 1 is 0.304 bits per heavy atom. The molecule has 0 bridgehead atoms. The molecule has 0 saturated heterocycles. The van der Waals surface area contributed by atoms with Gasteiger partial charge in [-0.2, -0.15) is 0 Å². The van der Waals surface area contributed by atoms with Crippen molar-refractivity contribution in [2.75, 3.05) is 0 Å². The number of benzene rings is 6. The molecular formula is C42H48O4. The molecule has 0 amide bonds. The van der Waals surface area contributed by atoms with E-state index in [1.54, 1.807) is 0 Å². The monoisotopic (exact) mass is 616 g/mol. The van der Waals surface area contributed by atoms with Crippen LogP contribution in [0.2, 0.25) is 0 Å². The van der Waals surface area contributed by atoms with Gasteiger partial charge in [0, 0.05) is 22.3 Å². The minimum absolute atomic E-state index is 0.344. The van der Waals surface area contributed by atoms with E-state index in [1.807, 2.05) is 0 Å². The smallest absolute Gasteiger partial charge is 0.122 e. The first-order valence-electron chi connectivity index (χ1n) is 17.4. The second-order valence-electron chi connectivity index (χ2n) is 12.7. The molecule has 0 unspecified atom stereocenters. The van der Waals surface area contributed by atoms with Crippen LogP contribution in [0.1, 0.15) is 99.9 Å². The van der Waals surface area contributed by atoms with Crippen molar-refractivity contribution < 1.29 is 20.4 Å². The highest BCUT2D eigenvalue weighted by molar-refractivity contribution is 6.41. The molecule has 6 aromatic carbocycles. The summed E-state index contributed by atoms with van der Waals surface area (Å²) in [6, 6.07) is 8.69. The number of hydrogen-bond acceptors (Lipinski definition) is 4. The van der Waals surface area contributed by atoms with Crippen LogP contribution in [0.25, 0.3) is 53.9 Å². The summed E-state index contributed by atoms with van der Waals surface area (Å²) in [5.74, 6) is 1.38. The number of rotatable bonds is 8. The Kier molecular flexibility index (Phi) is 8.21. The van der Waals surface area contributed by atoms with Crippen LogP contribution in [0.15, 0.2) is 24.3 Å². The molecule has 240 valence electrons. The molecule has 0 aliphatic carbocycles. The van der Waals surface area contributed by atoms with E-state index in [1.165, 1.54) is 0 Å². The third-order valence-electron chi connectivity index (χ3n) is 10.7. The van der Waals surface area contributed by atoms with Gasteiger partial charge in [0.15, 0.2) is 0 Å². The van der Waals surface area contributed by atoms with Gasteiger partial charge in [-0.15, -0.1) is 0 Å². The summed E-state index contributed by atoms with van der Waals surface area (Å²) in [7, 11) is 0. The Balaban J connectivity index is 2.20. The van der Waals surface area contributed by atoms with E-state index < -0.39 is 0 Å². The molecule has 0 radical (unpaired) electrons. The molecule has 0 aromatic heterocycles. The van der Waals surface area contributed by atoms with E-state index in [0.717, 1.165) is 98.4 Å². The van der Waals surface area contributed by atoms with Crippen LogP contribution < -0.4 is 0 Å². The minimum Gasteiger partial charge on any atom is -0.507 e. The molecule has 46 heavy (non-hydrogen) atoms. The molecule has 4 nitrogen and oxygen atoms in total. The highest BCUT2D eigenvalue weighted by atomic mass is 16.3. The number of aryl methyl sites for hydroxylation is 8. The molecule has 0 fully saturated rings. The summed E-state index contributed by atoms with van der Waals surface area (Å²) in [5.41, 5.74) is 7.27. The van der Waals surface area contributed by atoms with Crippen molar-refractivity contribution in [3.8, 4) is 23.0 Å². The zero-order valence-electron chi connectivity index (χ0n) is 28.8. The van der Waals surface area contributed by atoms with Crippen LogP contribution in [0.3, 0.4) is 0 Å². The molecule has 4 heteroatoms. The van der Waals surface area contributed by atoms with Crippen molar-refractivity contribution in [1.29, 1.82) is 0 Å². The van der Waals surface area contributed by atoms with Crippen LogP contribution >= 0.6 is 0 Å². The van der Waals surface area contributed by atoms with Gasteiger partial charge in [-0.25, -0.2) is 0 Å². The fourth-order valence-electron chi connectivity index (χ4n) is 8.37. The number of fused-ring (bicyclic) bond motifs is 11. The third kappa shape index (κ3) is 4.18. The van der Waals surface area contributed by atoms with Crippen molar-refractivity contribution in [2.45, 2.75) is 107 Å². The van der Waals surface area contributed by atoms with Crippen molar-refractivity contribution >= 4 is 53.9 Å². The van der Waals surface area contributed by atoms with Gasteiger partial charge in [0.25, 0.3) is 0 Å². The van der Waals surface area contributed by atoms with Gasteiger partial charge < -0.3 is 20.4 Å². The first-order valence-corrected chi connectivity index (χ1v) is 17.4. The zero-order chi connectivity index (χ0) is 33.2. The van der Waals surface area contributed by atoms with Gasteiger partial charge in [0.05, 0.1) is 0 Å². The van der Waals surface area contributed by atoms with E-state index in [9.17, 15) is 20.4 Å². The molecule has 0 spiro atoms. The average Bonchev–Trinajstić information content (AvgIpc) is 3.06. The number of phenols is 4. The highest BCUT2D eigenvalue weighted by Crippen LogP contribution is 2.53. The van der Waals surface area contributed by atoms with Gasteiger partial charge in [-0.1, -0.05) is 55.4 Å². The lowest BCUT2D eigenvalue weighted by Crippen LogP contribution is -2.02. The first kappa shape index (κ1) is 31.8. The summed E-state index contributed by atoms with van der Waals surface area (Å²) in [6.45, 7) is 16.7. The average molecular weight is 617 g/mol. The SMILES string of the molecule is CCc1cc2c(c(CC)c1O)c1c(CC)c(O)c(CC)cc1c1c3cc(CC)c(O)c(CC)c3c3c(CC)c(O)c(CC)cc3c21. The Hall–Kier alpha value is -4.18. The molecule has 0 aliphatic heterocycles. The standard InChI is InChI=1S/C42H48O4/c1-9-21-17-29-33(25(13-5)39(21)43)34-26(14-6)40(44)23(11-3)19-31(34)38-32-20-24(12-4)42(46)28(16-8)36(32)35-27(15-7)41(45)22(10-2)18-30(35)37(29)38/h17-20,43-46H,9-16H2,1-8H3. The van der Waals surface area contributed by atoms with Gasteiger partial charge >= 0.3 is 0 Å². The topological polar surface area (TPSA) is 80.9 Å². The number of aromatic hydroxyl groups is 4. The third-order valence-corrected chi connectivity index (χ3v) is 10.7. The Morgan fingerprint density at radius 3 is 0.652 bits per heavy atom. The highest BCUT2D eigenvalue weighted by Gasteiger charge is 2.27. The van der Waals surface area contributed by atoms with Crippen LogP contribution in [-0.2, 0) is 51.4 Å². The maximum atomic E-state index is 11.7. The summed E-state index contributed by atoms with van der Waals surface area (Å²) in [6.07, 6.45) is 5.36.